The van der Waals surface area contributed by atoms with E-state index in [0.29, 0.717) is 33.0 Å². The van der Waals surface area contributed by atoms with E-state index in [0.717, 1.165) is 0 Å². The third kappa shape index (κ3) is 4.56. The van der Waals surface area contributed by atoms with E-state index in [1.165, 1.54) is 4.90 Å². The lowest BCUT2D eigenvalue weighted by Gasteiger charge is -2.16. The van der Waals surface area contributed by atoms with Crippen molar-refractivity contribution >= 4 is 34.8 Å². The molecule has 1 amide bonds. The smallest absolute Gasteiger partial charge is 0.293 e. The summed E-state index contributed by atoms with van der Waals surface area (Å²) in [6, 6.07) is 15.5. The lowest BCUT2D eigenvalue weighted by molar-refractivity contribution is 0.0962. The normalized spacial score (nSPS) is 10.5. The standard InChI is InChI=1S/C20H17Cl2NO4/c1-23(15-10-13(21)9-14(22)11-15)20(24)19-8-7-16(27-19)12-26-18-6-4-3-5-17(18)25-2/h3-11H,12H2,1-2H3. The number of methoxy groups -OCH3 is 1. The Morgan fingerprint density at radius 1 is 1.04 bits per heavy atom. The fourth-order valence-electron chi connectivity index (χ4n) is 2.47. The van der Waals surface area contributed by atoms with E-state index in [4.69, 9.17) is 37.1 Å². The van der Waals surface area contributed by atoms with Gasteiger partial charge in [0.1, 0.15) is 12.4 Å². The zero-order valence-corrected chi connectivity index (χ0v) is 16.3. The molecule has 0 saturated heterocycles. The lowest BCUT2D eigenvalue weighted by atomic mass is 10.3. The summed E-state index contributed by atoms with van der Waals surface area (Å²) in [4.78, 5) is 14.1. The molecule has 2 aromatic carbocycles. The molecule has 0 bridgehead atoms. The molecule has 0 N–H and O–H groups in total. The van der Waals surface area contributed by atoms with Crippen LogP contribution in [-0.4, -0.2) is 20.1 Å². The van der Waals surface area contributed by atoms with Gasteiger partial charge in [-0.15, -0.1) is 0 Å². The van der Waals surface area contributed by atoms with Gasteiger partial charge in [0.15, 0.2) is 17.3 Å². The monoisotopic (exact) mass is 405 g/mol. The van der Waals surface area contributed by atoms with Gasteiger partial charge in [-0.25, -0.2) is 0 Å². The van der Waals surface area contributed by atoms with Gasteiger partial charge in [-0.2, -0.15) is 0 Å². The van der Waals surface area contributed by atoms with Crippen molar-refractivity contribution < 1.29 is 18.7 Å². The number of ether oxygens (including phenoxy) is 2. The van der Waals surface area contributed by atoms with Crippen LogP contribution in [0.2, 0.25) is 10.0 Å². The van der Waals surface area contributed by atoms with Gasteiger partial charge in [-0.1, -0.05) is 35.3 Å². The summed E-state index contributed by atoms with van der Waals surface area (Å²) in [5, 5.41) is 0.894. The number of rotatable bonds is 6. The van der Waals surface area contributed by atoms with Gasteiger partial charge in [-0.05, 0) is 42.5 Å². The Morgan fingerprint density at radius 2 is 1.70 bits per heavy atom. The molecule has 3 rings (SSSR count). The third-order valence-electron chi connectivity index (χ3n) is 3.85. The van der Waals surface area contributed by atoms with Gasteiger partial charge >= 0.3 is 0 Å². The highest BCUT2D eigenvalue weighted by Gasteiger charge is 2.18. The Balaban J connectivity index is 1.70. The summed E-state index contributed by atoms with van der Waals surface area (Å²) in [7, 11) is 3.20. The molecule has 0 atom stereocenters. The number of amides is 1. The van der Waals surface area contributed by atoms with Gasteiger partial charge in [0.25, 0.3) is 5.91 Å². The average Bonchev–Trinajstić information content (AvgIpc) is 3.13. The Labute approximate surface area is 167 Å². The second-order valence-corrected chi connectivity index (χ2v) is 6.57. The van der Waals surface area contributed by atoms with Crippen LogP contribution in [0, 0.1) is 0 Å². The molecule has 1 aromatic heterocycles. The number of para-hydroxylation sites is 2. The number of hydrogen-bond donors (Lipinski definition) is 0. The zero-order chi connectivity index (χ0) is 19.4. The zero-order valence-electron chi connectivity index (χ0n) is 14.7. The van der Waals surface area contributed by atoms with Gasteiger partial charge in [0.05, 0.1) is 7.11 Å². The molecular formula is C20H17Cl2NO4. The number of anilines is 1. The van der Waals surface area contributed by atoms with Crippen molar-refractivity contribution in [1.29, 1.82) is 0 Å². The molecule has 3 aromatic rings. The molecule has 7 heteroatoms. The first kappa shape index (κ1) is 19.1. The summed E-state index contributed by atoms with van der Waals surface area (Å²) in [6.45, 7) is 0.167. The molecule has 0 radical (unpaired) electrons. The van der Waals surface area contributed by atoms with Crippen molar-refractivity contribution in [2.24, 2.45) is 0 Å². The summed E-state index contributed by atoms with van der Waals surface area (Å²) < 4.78 is 16.6. The Kier molecular flexibility index (Phi) is 5.94. The number of nitrogens with zero attached hydrogens (tertiary/aromatic N) is 1. The minimum atomic E-state index is -0.322. The van der Waals surface area contributed by atoms with Gasteiger partial charge in [-0.3, -0.25) is 4.79 Å². The number of carbonyl (C=O) groups excluding carboxylic acids is 1. The highest BCUT2D eigenvalue weighted by Crippen LogP contribution is 2.28. The molecule has 5 nitrogen and oxygen atoms in total. The second kappa shape index (κ2) is 8.37. The van der Waals surface area contributed by atoms with Crippen molar-refractivity contribution in [2.45, 2.75) is 6.61 Å². The number of halogens is 2. The molecule has 27 heavy (non-hydrogen) atoms. The van der Waals surface area contributed by atoms with Crippen LogP contribution < -0.4 is 14.4 Å². The second-order valence-electron chi connectivity index (χ2n) is 5.70. The number of benzene rings is 2. The van der Waals surface area contributed by atoms with Crippen LogP contribution >= 0.6 is 23.2 Å². The number of hydrogen-bond acceptors (Lipinski definition) is 4. The van der Waals surface area contributed by atoms with Crippen molar-refractivity contribution in [3.05, 3.63) is 76.2 Å². The maximum atomic E-state index is 12.6. The molecule has 1 heterocycles. The van der Waals surface area contributed by atoms with Gasteiger partial charge in [0.2, 0.25) is 0 Å². The maximum absolute atomic E-state index is 12.6. The molecule has 140 valence electrons. The Bertz CT molecular complexity index is 934. The molecule has 0 unspecified atom stereocenters. The van der Waals surface area contributed by atoms with Crippen LogP contribution in [0.1, 0.15) is 16.3 Å². The van der Waals surface area contributed by atoms with Gasteiger partial charge in [0, 0.05) is 22.8 Å². The Hall–Kier alpha value is -2.63. The minimum absolute atomic E-state index is 0.167. The van der Waals surface area contributed by atoms with E-state index < -0.39 is 0 Å². The van der Waals surface area contributed by atoms with E-state index in [-0.39, 0.29) is 18.3 Å². The topological polar surface area (TPSA) is 51.9 Å². The van der Waals surface area contributed by atoms with Crippen molar-refractivity contribution in [3.8, 4) is 11.5 Å². The summed E-state index contributed by atoms with van der Waals surface area (Å²) in [5.74, 6) is 1.60. The van der Waals surface area contributed by atoms with Crippen molar-refractivity contribution in [3.63, 3.8) is 0 Å². The first-order valence-corrected chi connectivity index (χ1v) is 8.82. The molecule has 0 aliphatic heterocycles. The number of furan rings is 1. The molecule has 0 saturated carbocycles. The first-order chi connectivity index (χ1) is 13.0. The van der Waals surface area contributed by atoms with Crippen molar-refractivity contribution in [2.75, 3.05) is 19.1 Å². The summed E-state index contributed by atoms with van der Waals surface area (Å²) in [5.41, 5.74) is 0.570. The summed E-state index contributed by atoms with van der Waals surface area (Å²) in [6.07, 6.45) is 0. The fourth-order valence-corrected chi connectivity index (χ4v) is 2.99. The molecular weight excluding hydrogens is 389 g/mol. The van der Waals surface area contributed by atoms with Crippen molar-refractivity contribution in [1.82, 2.24) is 0 Å². The van der Waals surface area contributed by atoms with Crippen LogP contribution in [0.15, 0.2) is 59.0 Å². The molecule has 0 spiro atoms. The third-order valence-corrected chi connectivity index (χ3v) is 4.29. The lowest BCUT2D eigenvalue weighted by Crippen LogP contribution is -2.25. The van der Waals surface area contributed by atoms with Crippen LogP contribution in [-0.2, 0) is 6.61 Å². The van der Waals surface area contributed by atoms with Crippen LogP contribution in [0.3, 0.4) is 0 Å². The molecule has 0 aliphatic rings. The summed E-state index contributed by atoms with van der Waals surface area (Å²) >= 11 is 12.0. The molecule has 0 aliphatic carbocycles. The quantitative estimate of drug-likeness (QED) is 0.546. The number of carbonyl (C=O) groups is 1. The predicted octanol–water partition coefficient (Wildman–Crippen LogP) is 5.45. The van der Waals surface area contributed by atoms with E-state index in [1.54, 1.807) is 56.6 Å². The first-order valence-electron chi connectivity index (χ1n) is 8.06. The van der Waals surface area contributed by atoms with E-state index >= 15 is 0 Å². The SMILES string of the molecule is COc1ccccc1OCc1ccc(C(=O)N(C)c2cc(Cl)cc(Cl)c2)o1. The van der Waals surface area contributed by atoms with Crippen LogP contribution in [0.5, 0.6) is 11.5 Å². The average molecular weight is 406 g/mol. The van der Waals surface area contributed by atoms with E-state index in [1.807, 2.05) is 12.1 Å². The van der Waals surface area contributed by atoms with Gasteiger partial charge < -0.3 is 18.8 Å². The fraction of sp³-hybridized carbons (Fsp3) is 0.150. The largest absolute Gasteiger partial charge is 0.493 e. The van der Waals surface area contributed by atoms with Crippen LogP contribution in [0.4, 0.5) is 5.69 Å². The van der Waals surface area contributed by atoms with Crippen LogP contribution in [0.25, 0.3) is 0 Å². The molecule has 0 fully saturated rings. The highest BCUT2D eigenvalue weighted by atomic mass is 35.5. The minimum Gasteiger partial charge on any atom is -0.493 e. The maximum Gasteiger partial charge on any atom is 0.293 e. The van der Waals surface area contributed by atoms with E-state index in [2.05, 4.69) is 0 Å². The predicted molar refractivity (Wildman–Crippen MR) is 105 cm³/mol. The van der Waals surface area contributed by atoms with E-state index in [9.17, 15) is 4.79 Å². The highest BCUT2D eigenvalue weighted by molar-refractivity contribution is 6.35. The Morgan fingerprint density at radius 3 is 2.37 bits per heavy atom.